The first kappa shape index (κ1) is 22.1. The van der Waals surface area contributed by atoms with Crippen LogP contribution in [0, 0.1) is 0 Å². The molecule has 0 aliphatic carbocycles. The molecule has 0 unspecified atom stereocenters. The number of alkyl halides is 3. The fourth-order valence-corrected chi connectivity index (χ4v) is 2.39. The molecule has 0 aliphatic rings. The maximum atomic E-state index is 12.8. The fraction of sp³-hybridized carbons (Fsp3) is 0.158. The Labute approximate surface area is 168 Å². The first-order valence-electron chi connectivity index (χ1n) is 7.98. The van der Waals surface area contributed by atoms with Crippen LogP contribution in [-0.2, 0) is 20.5 Å². The third-order valence-corrected chi connectivity index (χ3v) is 3.85. The number of anilines is 1. The summed E-state index contributed by atoms with van der Waals surface area (Å²) in [7, 11) is 1.37. The van der Waals surface area contributed by atoms with Crippen LogP contribution in [0.25, 0.3) is 6.08 Å². The molecular weight excluding hydrogens is 415 g/mol. The summed E-state index contributed by atoms with van der Waals surface area (Å²) in [5, 5.41) is 11.2. The van der Waals surface area contributed by atoms with Crippen LogP contribution in [0.5, 0.6) is 11.5 Å². The van der Waals surface area contributed by atoms with E-state index >= 15 is 0 Å². The number of rotatable bonds is 6. The molecule has 0 aromatic heterocycles. The summed E-state index contributed by atoms with van der Waals surface area (Å²) in [5.41, 5.74) is -0.711. The zero-order chi connectivity index (χ0) is 21.6. The van der Waals surface area contributed by atoms with Gasteiger partial charge in [-0.25, -0.2) is 4.79 Å². The lowest BCUT2D eigenvalue weighted by atomic mass is 10.2. The van der Waals surface area contributed by atoms with Crippen molar-refractivity contribution in [3.63, 3.8) is 0 Å². The van der Waals surface area contributed by atoms with Crippen molar-refractivity contribution in [2.24, 2.45) is 0 Å². The molecule has 10 heteroatoms. The van der Waals surface area contributed by atoms with E-state index in [1.165, 1.54) is 37.5 Å². The molecule has 0 atom stereocenters. The highest BCUT2D eigenvalue weighted by atomic mass is 35.5. The lowest BCUT2D eigenvalue weighted by molar-refractivity contribution is -0.142. The Morgan fingerprint density at radius 3 is 2.59 bits per heavy atom. The van der Waals surface area contributed by atoms with E-state index in [9.17, 15) is 27.9 Å². The van der Waals surface area contributed by atoms with Crippen LogP contribution in [0.15, 0.2) is 42.5 Å². The summed E-state index contributed by atoms with van der Waals surface area (Å²) in [6.07, 6.45) is -2.26. The number of methoxy groups -OCH3 is 1. The average Bonchev–Trinajstić information content (AvgIpc) is 2.66. The second-order valence-electron chi connectivity index (χ2n) is 5.61. The Morgan fingerprint density at radius 2 is 1.93 bits per heavy atom. The zero-order valence-electron chi connectivity index (χ0n) is 14.9. The van der Waals surface area contributed by atoms with Gasteiger partial charge < -0.3 is 19.9 Å². The van der Waals surface area contributed by atoms with Crippen LogP contribution in [0.4, 0.5) is 18.9 Å². The number of ether oxygens (including phenoxy) is 2. The second kappa shape index (κ2) is 9.33. The molecule has 6 nitrogen and oxygen atoms in total. The number of benzene rings is 2. The molecule has 0 fully saturated rings. The van der Waals surface area contributed by atoms with Gasteiger partial charge in [0.1, 0.15) is 0 Å². The maximum absolute atomic E-state index is 12.8. The Hall–Kier alpha value is -3.20. The largest absolute Gasteiger partial charge is 0.504 e. The molecule has 2 aromatic rings. The number of carbonyl (C=O) groups is 2. The van der Waals surface area contributed by atoms with Crippen molar-refractivity contribution < 1.29 is 37.3 Å². The number of halogens is 4. The van der Waals surface area contributed by atoms with Gasteiger partial charge in [0.25, 0.3) is 5.91 Å². The van der Waals surface area contributed by atoms with Crippen LogP contribution in [0.1, 0.15) is 11.1 Å². The standard InChI is InChI=1S/C19H15ClF3NO5/c1-28-16-8-11(2-6-15(16)25)3-7-18(27)29-10-17(26)24-12-4-5-14(20)13(9-12)19(21,22)23/h2-9,25H,10H2,1H3,(H,24,26). The van der Waals surface area contributed by atoms with Crippen molar-refractivity contribution in [1.29, 1.82) is 0 Å². The van der Waals surface area contributed by atoms with Gasteiger partial charge in [0.15, 0.2) is 18.1 Å². The Morgan fingerprint density at radius 1 is 1.21 bits per heavy atom. The van der Waals surface area contributed by atoms with Gasteiger partial charge >= 0.3 is 12.1 Å². The summed E-state index contributed by atoms with van der Waals surface area (Å²) < 4.78 is 48.1. The van der Waals surface area contributed by atoms with Gasteiger partial charge in [0, 0.05) is 11.8 Å². The zero-order valence-corrected chi connectivity index (χ0v) is 15.7. The average molecular weight is 430 g/mol. The minimum Gasteiger partial charge on any atom is -0.504 e. The van der Waals surface area contributed by atoms with Crippen molar-refractivity contribution in [3.8, 4) is 11.5 Å². The summed E-state index contributed by atoms with van der Waals surface area (Å²) >= 11 is 5.50. The molecule has 0 bridgehead atoms. The van der Waals surface area contributed by atoms with E-state index in [1.54, 1.807) is 0 Å². The van der Waals surface area contributed by atoms with Crippen molar-refractivity contribution in [3.05, 3.63) is 58.6 Å². The topological polar surface area (TPSA) is 84.9 Å². The molecule has 0 saturated carbocycles. The van der Waals surface area contributed by atoms with Gasteiger partial charge in [0.05, 0.1) is 17.7 Å². The lowest BCUT2D eigenvalue weighted by Gasteiger charge is -2.11. The quantitative estimate of drug-likeness (QED) is 0.529. The molecule has 2 rings (SSSR count). The number of hydrogen-bond acceptors (Lipinski definition) is 5. The SMILES string of the molecule is COc1cc(C=CC(=O)OCC(=O)Nc2ccc(Cl)c(C(F)(F)F)c2)ccc1O. The van der Waals surface area contributed by atoms with Crippen LogP contribution < -0.4 is 10.1 Å². The fourth-order valence-electron chi connectivity index (χ4n) is 2.16. The highest BCUT2D eigenvalue weighted by Crippen LogP contribution is 2.36. The van der Waals surface area contributed by atoms with E-state index in [1.807, 2.05) is 0 Å². The second-order valence-corrected chi connectivity index (χ2v) is 6.02. The van der Waals surface area contributed by atoms with Crippen LogP contribution in [0.2, 0.25) is 5.02 Å². The number of phenolic OH excluding ortho intramolecular Hbond substituents is 1. The van der Waals surface area contributed by atoms with Crippen LogP contribution >= 0.6 is 11.6 Å². The molecule has 0 radical (unpaired) electrons. The van der Waals surface area contributed by atoms with Crippen molar-refractivity contribution in [2.45, 2.75) is 6.18 Å². The van der Waals surface area contributed by atoms with Crippen molar-refractivity contribution in [2.75, 3.05) is 19.0 Å². The number of amides is 1. The summed E-state index contributed by atoms with van der Waals surface area (Å²) in [5.74, 6) is -1.53. The van der Waals surface area contributed by atoms with Crippen LogP contribution in [-0.4, -0.2) is 30.7 Å². The smallest absolute Gasteiger partial charge is 0.417 e. The first-order chi connectivity index (χ1) is 13.6. The number of phenols is 1. The molecule has 29 heavy (non-hydrogen) atoms. The number of nitrogens with one attached hydrogen (secondary N) is 1. The molecule has 2 N–H and O–H groups in total. The van der Waals surface area contributed by atoms with E-state index in [0.29, 0.717) is 11.6 Å². The molecular formula is C19H15ClF3NO5. The van der Waals surface area contributed by atoms with Crippen molar-refractivity contribution in [1.82, 2.24) is 0 Å². The van der Waals surface area contributed by atoms with Crippen LogP contribution in [0.3, 0.4) is 0 Å². The maximum Gasteiger partial charge on any atom is 0.417 e. The normalized spacial score (nSPS) is 11.3. The Kier molecular flexibility index (Phi) is 7.11. The molecule has 0 saturated heterocycles. The van der Waals surface area contributed by atoms with E-state index in [4.69, 9.17) is 21.1 Å². The highest BCUT2D eigenvalue weighted by molar-refractivity contribution is 6.31. The summed E-state index contributed by atoms with van der Waals surface area (Å²) in [4.78, 5) is 23.5. The minimum absolute atomic E-state index is 0.0697. The van der Waals surface area contributed by atoms with Gasteiger partial charge in [-0.05, 0) is 42.0 Å². The number of esters is 1. The van der Waals surface area contributed by atoms with Gasteiger partial charge in [-0.1, -0.05) is 17.7 Å². The van der Waals surface area contributed by atoms with Gasteiger partial charge in [-0.2, -0.15) is 13.2 Å². The van der Waals surface area contributed by atoms with E-state index < -0.39 is 35.2 Å². The molecule has 2 aromatic carbocycles. The predicted octanol–water partition coefficient (Wildman–Crippen LogP) is 4.27. The monoisotopic (exact) mass is 429 g/mol. The number of carbonyl (C=O) groups excluding carboxylic acids is 2. The van der Waals surface area contributed by atoms with Gasteiger partial charge in [0.2, 0.25) is 0 Å². The molecule has 1 amide bonds. The number of hydrogen-bond donors (Lipinski definition) is 2. The van der Waals surface area contributed by atoms with E-state index in [0.717, 1.165) is 12.1 Å². The Balaban J connectivity index is 1.91. The van der Waals surface area contributed by atoms with E-state index in [2.05, 4.69) is 5.32 Å². The molecule has 0 heterocycles. The predicted molar refractivity (Wildman–Crippen MR) is 99.7 cm³/mol. The molecule has 154 valence electrons. The minimum atomic E-state index is -4.67. The summed E-state index contributed by atoms with van der Waals surface area (Å²) in [6.45, 7) is -0.702. The Bertz CT molecular complexity index is 944. The number of aromatic hydroxyl groups is 1. The summed E-state index contributed by atoms with van der Waals surface area (Å²) in [6, 6.07) is 7.24. The molecule has 0 spiro atoms. The molecule has 0 aliphatic heterocycles. The first-order valence-corrected chi connectivity index (χ1v) is 8.36. The third kappa shape index (κ3) is 6.42. The third-order valence-electron chi connectivity index (χ3n) is 3.52. The van der Waals surface area contributed by atoms with Gasteiger partial charge in [-0.3, -0.25) is 4.79 Å². The lowest BCUT2D eigenvalue weighted by Crippen LogP contribution is -2.20. The highest BCUT2D eigenvalue weighted by Gasteiger charge is 2.33. The van der Waals surface area contributed by atoms with Crippen molar-refractivity contribution >= 4 is 35.2 Å². The van der Waals surface area contributed by atoms with Gasteiger partial charge in [-0.15, -0.1) is 0 Å². The van der Waals surface area contributed by atoms with E-state index in [-0.39, 0.29) is 17.2 Å².